The molecule has 0 bridgehead atoms. The van der Waals surface area contributed by atoms with Crippen molar-refractivity contribution in [3.63, 3.8) is 0 Å². The minimum atomic E-state index is -0.584. The van der Waals surface area contributed by atoms with Crippen molar-refractivity contribution in [1.82, 2.24) is 34.6 Å². The van der Waals surface area contributed by atoms with Crippen molar-refractivity contribution in [2.24, 2.45) is 11.8 Å². The molecule has 3 aromatic heterocycles. The molecule has 14 nitrogen and oxygen atoms in total. The first-order valence-electron chi connectivity index (χ1n) is 19.0. The summed E-state index contributed by atoms with van der Waals surface area (Å²) in [5.74, 6) is 0.650. The first kappa shape index (κ1) is 34.2. The lowest BCUT2D eigenvalue weighted by Crippen LogP contribution is -2.49. The predicted octanol–water partition coefficient (Wildman–Crippen LogP) is 5.26. The maximum atomic E-state index is 15.1. The molecule has 2 aromatic carbocycles. The summed E-state index contributed by atoms with van der Waals surface area (Å²) in [7, 11) is 0. The van der Waals surface area contributed by atoms with E-state index in [1.54, 1.807) is 29.0 Å². The van der Waals surface area contributed by atoms with Crippen LogP contribution in [-0.4, -0.2) is 93.0 Å². The van der Waals surface area contributed by atoms with E-state index in [1.807, 2.05) is 18.2 Å². The molecule has 4 amide bonds. The maximum Gasteiger partial charge on any atom is 0.328 e. The zero-order valence-electron chi connectivity index (χ0n) is 30.0. The van der Waals surface area contributed by atoms with Crippen LogP contribution in [0, 0.1) is 17.7 Å². The average molecular weight is 735 g/mol. The molecular formula is C39H43FN10O4. The number of fused-ring (bicyclic) bond motifs is 2. The lowest BCUT2D eigenvalue weighted by Gasteiger charge is -2.38. The van der Waals surface area contributed by atoms with E-state index in [0.29, 0.717) is 41.1 Å². The lowest BCUT2D eigenvalue weighted by molar-refractivity contribution is -0.120. The Morgan fingerprint density at radius 3 is 2.59 bits per heavy atom. The molecule has 15 heteroatoms. The van der Waals surface area contributed by atoms with Gasteiger partial charge in [0.1, 0.15) is 17.1 Å². The molecule has 0 atom stereocenters. The second-order valence-electron chi connectivity index (χ2n) is 15.0. The van der Waals surface area contributed by atoms with Crippen LogP contribution in [0.4, 0.5) is 26.2 Å². The van der Waals surface area contributed by atoms with Gasteiger partial charge in [-0.2, -0.15) is 10.2 Å². The molecule has 3 aliphatic heterocycles. The van der Waals surface area contributed by atoms with Crippen LogP contribution in [0.15, 0.2) is 61.2 Å². The summed E-state index contributed by atoms with van der Waals surface area (Å²) < 4.78 is 25.0. The zero-order valence-corrected chi connectivity index (χ0v) is 30.0. The average Bonchev–Trinajstić information content (AvgIpc) is 3.76. The van der Waals surface area contributed by atoms with E-state index in [2.05, 4.69) is 41.4 Å². The first-order valence-corrected chi connectivity index (χ1v) is 19.0. The highest BCUT2D eigenvalue weighted by molar-refractivity contribution is 6.09. The predicted molar refractivity (Wildman–Crippen MR) is 200 cm³/mol. The number of hydrogen-bond donors (Lipinski definition) is 2. The summed E-state index contributed by atoms with van der Waals surface area (Å²) in [6.07, 6.45) is 13.6. The number of benzene rings is 2. The number of aromatic nitrogens is 5. The number of nitrogens with zero attached hydrogens (tertiary/aromatic N) is 8. The van der Waals surface area contributed by atoms with Crippen molar-refractivity contribution in [2.75, 3.05) is 61.0 Å². The maximum absolute atomic E-state index is 15.1. The number of nitrogens with one attached hydrogen (secondary N) is 2. The van der Waals surface area contributed by atoms with Crippen LogP contribution < -0.4 is 25.2 Å². The number of halogens is 1. The van der Waals surface area contributed by atoms with E-state index < -0.39 is 11.8 Å². The summed E-state index contributed by atoms with van der Waals surface area (Å²) in [5, 5.41) is 15.5. The monoisotopic (exact) mass is 734 g/mol. The van der Waals surface area contributed by atoms with E-state index in [9.17, 15) is 14.4 Å². The number of carbonyl (C=O) groups excluding carboxylic acids is 3. The van der Waals surface area contributed by atoms with Crippen LogP contribution in [0.2, 0.25) is 0 Å². The van der Waals surface area contributed by atoms with Crippen molar-refractivity contribution in [2.45, 2.75) is 51.0 Å². The van der Waals surface area contributed by atoms with Gasteiger partial charge in [0.05, 0.1) is 35.7 Å². The first-order chi connectivity index (χ1) is 26.3. The molecule has 2 N–H and O–H groups in total. The second-order valence-corrected chi connectivity index (χ2v) is 15.0. The third kappa shape index (κ3) is 7.07. The molecule has 3 saturated heterocycles. The van der Waals surface area contributed by atoms with E-state index in [-0.39, 0.29) is 36.5 Å². The molecule has 6 heterocycles. The fraction of sp³-hybridized carbons (Fsp3) is 0.436. The standard InChI is InChI=1S/C39H43FN10O4/c40-31-19-29(4-5-34(31)48-17-10-36(51)44-39(48)53)47-15-6-25(7-16-47)22-46-13-8-28(9-14-46)50-23-27-18-33(35(20-32(27)45-50)54-24-26-2-3-26)43-38(52)30-21-42-49-12-1-11-41-37(30)49/h1,4-5,11-12,18-21,23,25-26,28H,2-3,6-10,13-17,22,24H2,(H,43,52)(H,44,51,53). The van der Waals surface area contributed by atoms with Crippen LogP contribution in [-0.2, 0) is 4.79 Å². The molecule has 0 radical (unpaired) electrons. The summed E-state index contributed by atoms with van der Waals surface area (Å²) in [6, 6.07) is 10.4. The Kier molecular flexibility index (Phi) is 9.09. The highest BCUT2D eigenvalue weighted by Crippen LogP contribution is 2.36. The molecule has 4 aliphatic rings. The normalized spacial score (nSPS) is 19.1. The van der Waals surface area contributed by atoms with Crippen LogP contribution in [0.25, 0.3) is 16.6 Å². The van der Waals surface area contributed by atoms with Crippen molar-refractivity contribution >= 4 is 51.5 Å². The van der Waals surface area contributed by atoms with Gasteiger partial charge in [0, 0.05) is 81.4 Å². The molecule has 1 saturated carbocycles. The largest absolute Gasteiger partial charge is 0.491 e. The SMILES string of the molecule is O=C1CCN(c2ccc(N3CCC(CN4CCC(n5cc6cc(NC(=O)c7cnn8cccnc78)c(OCC7CC7)cc6n5)CC4)CC3)cc2F)C(=O)N1. The van der Waals surface area contributed by atoms with Crippen molar-refractivity contribution in [3.05, 3.63) is 72.6 Å². The quantitative estimate of drug-likeness (QED) is 0.197. The summed E-state index contributed by atoms with van der Waals surface area (Å²) in [4.78, 5) is 47.5. The van der Waals surface area contributed by atoms with Crippen LogP contribution in [0.3, 0.4) is 0 Å². The number of piperidine rings is 2. The number of imide groups is 1. The molecule has 4 fully saturated rings. The summed E-state index contributed by atoms with van der Waals surface area (Å²) in [5.41, 5.74) is 3.34. The van der Waals surface area contributed by atoms with E-state index in [1.165, 1.54) is 17.2 Å². The van der Waals surface area contributed by atoms with Gasteiger partial charge in [-0.25, -0.2) is 18.7 Å². The Morgan fingerprint density at radius 1 is 0.981 bits per heavy atom. The number of carbonyl (C=O) groups is 3. The Morgan fingerprint density at radius 2 is 1.81 bits per heavy atom. The smallest absolute Gasteiger partial charge is 0.328 e. The molecule has 0 spiro atoms. The summed E-state index contributed by atoms with van der Waals surface area (Å²) >= 11 is 0. The minimum Gasteiger partial charge on any atom is -0.491 e. The highest BCUT2D eigenvalue weighted by Gasteiger charge is 2.29. The van der Waals surface area contributed by atoms with Gasteiger partial charge < -0.3 is 19.9 Å². The van der Waals surface area contributed by atoms with E-state index in [4.69, 9.17) is 9.84 Å². The molecule has 5 aromatic rings. The lowest BCUT2D eigenvalue weighted by atomic mass is 9.94. The number of urea groups is 1. The van der Waals surface area contributed by atoms with Gasteiger partial charge in [-0.3, -0.25) is 24.5 Å². The summed E-state index contributed by atoms with van der Waals surface area (Å²) in [6.45, 7) is 5.52. The third-order valence-electron chi connectivity index (χ3n) is 11.3. The Balaban J connectivity index is 0.801. The number of ether oxygens (including phenoxy) is 1. The Hall–Kier alpha value is -5.57. The van der Waals surface area contributed by atoms with Gasteiger partial charge >= 0.3 is 6.03 Å². The molecular weight excluding hydrogens is 691 g/mol. The highest BCUT2D eigenvalue weighted by atomic mass is 19.1. The number of amides is 4. The van der Waals surface area contributed by atoms with Crippen molar-refractivity contribution < 1.29 is 23.5 Å². The topological polar surface area (TPSA) is 142 Å². The molecule has 9 rings (SSSR count). The Labute approximate surface area is 311 Å². The number of likely N-dealkylation sites (tertiary alicyclic amines) is 1. The van der Waals surface area contributed by atoms with Crippen LogP contribution in [0.5, 0.6) is 5.75 Å². The minimum absolute atomic E-state index is 0.156. The fourth-order valence-electron chi connectivity index (χ4n) is 7.96. The van der Waals surface area contributed by atoms with Gasteiger partial charge in [0.2, 0.25) is 5.91 Å². The van der Waals surface area contributed by atoms with Gasteiger partial charge in [-0.1, -0.05) is 0 Å². The van der Waals surface area contributed by atoms with E-state index in [0.717, 1.165) is 87.8 Å². The van der Waals surface area contributed by atoms with Crippen molar-refractivity contribution in [3.8, 4) is 5.75 Å². The van der Waals surface area contributed by atoms with E-state index >= 15 is 4.39 Å². The number of rotatable bonds is 10. The molecule has 280 valence electrons. The number of anilines is 3. The fourth-order valence-corrected chi connectivity index (χ4v) is 7.96. The third-order valence-corrected chi connectivity index (χ3v) is 11.3. The molecule has 54 heavy (non-hydrogen) atoms. The van der Waals surface area contributed by atoms with Crippen LogP contribution in [0.1, 0.15) is 61.3 Å². The molecule has 1 aliphatic carbocycles. The van der Waals surface area contributed by atoms with Gasteiger partial charge in [0.25, 0.3) is 5.91 Å². The van der Waals surface area contributed by atoms with Gasteiger partial charge in [-0.15, -0.1) is 0 Å². The number of hydrogen-bond acceptors (Lipinski definition) is 9. The zero-order chi connectivity index (χ0) is 36.8. The van der Waals surface area contributed by atoms with Gasteiger partial charge in [-0.05, 0) is 80.7 Å². The Bertz CT molecular complexity index is 2220. The molecule has 0 unspecified atom stereocenters. The van der Waals surface area contributed by atoms with Gasteiger partial charge in [0.15, 0.2) is 5.65 Å². The van der Waals surface area contributed by atoms with Crippen LogP contribution >= 0.6 is 0 Å². The second kappa shape index (κ2) is 14.3. The van der Waals surface area contributed by atoms with Crippen molar-refractivity contribution in [1.29, 1.82) is 0 Å².